The molecular formula is C20H18F2N4O. The molecule has 0 bridgehead atoms. The Labute approximate surface area is 155 Å². The second-order valence-corrected chi connectivity index (χ2v) is 6.61. The number of benzene rings is 2. The van der Waals surface area contributed by atoms with Gasteiger partial charge in [0, 0.05) is 12.1 Å². The number of hydrogen-bond acceptors (Lipinski definition) is 3. The van der Waals surface area contributed by atoms with Crippen LogP contribution in [-0.4, -0.2) is 32.1 Å². The van der Waals surface area contributed by atoms with E-state index in [1.54, 1.807) is 11.6 Å². The van der Waals surface area contributed by atoms with E-state index in [1.165, 1.54) is 17.9 Å². The van der Waals surface area contributed by atoms with Crippen LogP contribution in [0.2, 0.25) is 0 Å². The molecule has 0 radical (unpaired) electrons. The van der Waals surface area contributed by atoms with E-state index in [0.29, 0.717) is 24.7 Å². The summed E-state index contributed by atoms with van der Waals surface area (Å²) in [7, 11) is 0. The molecule has 3 aromatic rings. The molecule has 1 aromatic heterocycles. The molecule has 0 aliphatic carbocycles. The van der Waals surface area contributed by atoms with Crippen LogP contribution in [0.15, 0.2) is 42.5 Å². The van der Waals surface area contributed by atoms with Crippen molar-refractivity contribution in [2.24, 2.45) is 0 Å². The van der Waals surface area contributed by atoms with E-state index in [4.69, 9.17) is 0 Å². The summed E-state index contributed by atoms with van der Waals surface area (Å²) in [6, 6.07) is 11.5. The summed E-state index contributed by atoms with van der Waals surface area (Å²) < 4.78 is 30.3. The number of nitrogens with zero attached hydrogens (tertiary/aromatic N) is 4. The molecule has 1 atom stereocenters. The Kier molecular flexibility index (Phi) is 4.22. The summed E-state index contributed by atoms with van der Waals surface area (Å²) in [5.74, 6) is -1.17. The van der Waals surface area contributed by atoms with Gasteiger partial charge in [0.2, 0.25) is 0 Å². The Hall–Kier alpha value is -3.09. The van der Waals surface area contributed by atoms with Crippen LogP contribution in [0.3, 0.4) is 0 Å². The molecule has 1 aliphatic rings. The van der Waals surface area contributed by atoms with Gasteiger partial charge in [-0.3, -0.25) is 4.79 Å². The van der Waals surface area contributed by atoms with Crippen LogP contribution in [-0.2, 0) is 6.54 Å². The minimum absolute atomic E-state index is 0.235. The number of carbonyl (C=O) groups excluding carboxylic acids is 1. The van der Waals surface area contributed by atoms with Crippen LogP contribution in [0.4, 0.5) is 8.78 Å². The van der Waals surface area contributed by atoms with Crippen LogP contribution in [0.5, 0.6) is 0 Å². The molecule has 2 heterocycles. The van der Waals surface area contributed by atoms with E-state index in [9.17, 15) is 13.6 Å². The van der Waals surface area contributed by atoms with Gasteiger partial charge >= 0.3 is 0 Å². The van der Waals surface area contributed by atoms with E-state index in [1.807, 2.05) is 30.3 Å². The summed E-state index contributed by atoms with van der Waals surface area (Å²) in [4.78, 5) is 18.9. The highest BCUT2D eigenvalue weighted by Gasteiger charge is 2.34. The molecule has 7 heteroatoms. The normalized spacial score (nSPS) is 16.3. The number of amides is 1. The Morgan fingerprint density at radius 1 is 1.11 bits per heavy atom. The molecule has 0 saturated heterocycles. The van der Waals surface area contributed by atoms with Gasteiger partial charge in [-0.2, -0.15) is 5.10 Å². The van der Waals surface area contributed by atoms with Crippen LogP contribution >= 0.6 is 0 Å². The third kappa shape index (κ3) is 2.89. The minimum Gasteiger partial charge on any atom is -0.327 e. The lowest BCUT2D eigenvalue weighted by molar-refractivity contribution is 0.0620. The molecular weight excluding hydrogens is 350 g/mol. The molecule has 1 amide bonds. The fourth-order valence-electron chi connectivity index (χ4n) is 3.35. The number of rotatable bonds is 2. The highest BCUT2D eigenvalue weighted by Crippen LogP contribution is 2.29. The molecule has 0 saturated carbocycles. The van der Waals surface area contributed by atoms with Crippen molar-refractivity contribution >= 4 is 5.91 Å². The minimum atomic E-state index is -0.854. The number of aromatic nitrogens is 3. The summed E-state index contributed by atoms with van der Waals surface area (Å²) in [5.41, 5.74) is 0.595. The van der Waals surface area contributed by atoms with Gasteiger partial charge in [0.05, 0.1) is 12.6 Å². The van der Waals surface area contributed by atoms with Gasteiger partial charge in [-0.05, 0) is 25.5 Å². The first-order valence-electron chi connectivity index (χ1n) is 8.73. The van der Waals surface area contributed by atoms with Crippen molar-refractivity contribution in [3.05, 3.63) is 71.1 Å². The van der Waals surface area contributed by atoms with Crippen molar-refractivity contribution in [3.63, 3.8) is 0 Å². The monoisotopic (exact) mass is 368 g/mol. The fraction of sp³-hybridized carbons (Fsp3) is 0.250. The predicted octanol–water partition coefficient (Wildman–Crippen LogP) is 3.75. The molecule has 2 aromatic carbocycles. The first-order chi connectivity index (χ1) is 13.0. The average Bonchev–Trinajstić information content (AvgIpc) is 3.11. The van der Waals surface area contributed by atoms with E-state index in [-0.39, 0.29) is 5.56 Å². The van der Waals surface area contributed by atoms with Crippen LogP contribution < -0.4 is 0 Å². The van der Waals surface area contributed by atoms with Crippen molar-refractivity contribution in [2.45, 2.75) is 26.4 Å². The van der Waals surface area contributed by atoms with Crippen LogP contribution in [0.1, 0.15) is 34.7 Å². The third-order valence-electron chi connectivity index (χ3n) is 4.89. The number of carbonyl (C=O) groups is 1. The second kappa shape index (κ2) is 6.57. The van der Waals surface area contributed by atoms with Crippen LogP contribution in [0.25, 0.3) is 11.4 Å². The Morgan fingerprint density at radius 2 is 1.85 bits per heavy atom. The standard InChI is InChI=1S/C20H18F2N4O/c1-12-8-9-15(21)16(17(12)22)20(27)25-10-11-26-19(13(25)2)23-18(24-26)14-6-4-3-5-7-14/h3-9,13H,10-11H2,1-2H3/t13-/m0/s1. The summed E-state index contributed by atoms with van der Waals surface area (Å²) in [6.45, 7) is 4.02. The third-order valence-corrected chi connectivity index (χ3v) is 4.89. The van der Waals surface area contributed by atoms with E-state index in [0.717, 1.165) is 11.6 Å². The molecule has 138 valence electrons. The van der Waals surface area contributed by atoms with E-state index in [2.05, 4.69) is 10.1 Å². The number of aryl methyl sites for hydroxylation is 1. The smallest absolute Gasteiger partial charge is 0.260 e. The topological polar surface area (TPSA) is 51.0 Å². The first-order valence-corrected chi connectivity index (χ1v) is 8.73. The largest absolute Gasteiger partial charge is 0.327 e. The molecule has 27 heavy (non-hydrogen) atoms. The van der Waals surface area contributed by atoms with Crippen molar-refractivity contribution < 1.29 is 13.6 Å². The van der Waals surface area contributed by atoms with Crippen molar-refractivity contribution in [1.29, 1.82) is 0 Å². The molecule has 0 unspecified atom stereocenters. The van der Waals surface area contributed by atoms with E-state index >= 15 is 0 Å². The van der Waals surface area contributed by atoms with Gasteiger partial charge in [-0.1, -0.05) is 36.4 Å². The van der Waals surface area contributed by atoms with E-state index < -0.39 is 29.1 Å². The maximum absolute atomic E-state index is 14.4. The van der Waals surface area contributed by atoms with Crippen molar-refractivity contribution in [2.75, 3.05) is 6.54 Å². The maximum atomic E-state index is 14.4. The quantitative estimate of drug-likeness (QED) is 0.692. The highest BCUT2D eigenvalue weighted by atomic mass is 19.1. The predicted molar refractivity (Wildman–Crippen MR) is 96.0 cm³/mol. The molecule has 1 aliphatic heterocycles. The SMILES string of the molecule is Cc1ccc(F)c(C(=O)N2CCn3nc(-c4ccccc4)nc3[C@@H]2C)c1F. The summed E-state index contributed by atoms with van der Waals surface area (Å²) >= 11 is 0. The lowest BCUT2D eigenvalue weighted by Gasteiger charge is -2.33. The summed E-state index contributed by atoms with van der Waals surface area (Å²) in [5, 5.41) is 4.51. The Bertz CT molecular complexity index is 1020. The molecule has 4 rings (SSSR count). The number of fused-ring (bicyclic) bond motifs is 1. The average molecular weight is 368 g/mol. The van der Waals surface area contributed by atoms with Crippen LogP contribution in [0, 0.1) is 18.6 Å². The Balaban J connectivity index is 1.68. The fourth-order valence-corrected chi connectivity index (χ4v) is 3.35. The lowest BCUT2D eigenvalue weighted by Crippen LogP contribution is -2.42. The zero-order valence-corrected chi connectivity index (χ0v) is 15.0. The number of halogens is 2. The van der Waals surface area contributed by atoms with Gasteiger partial charge in [-0.25, -0.2) is 18.4 Å². The summed E-state index contributed by atoms with van der Waals surface area (Å²) in [6.07, 6.45) is 0. The highest BCUT2D eigenvalue weighted by molar-refractivity contribution is 5.95. The van der Waals surface area contributed by atoms with Gasteiger partial charge in [0.1, 0.15) is 23.0 Å². The Morgan fingerprint density at radius 3 is 2.59 bits per heavy atom. The zero-order valence-electron chi connectivity index (χ0n) is 15.0. The lowest BCUT2D eigenvalue weighted by atomic mass is 10.1. The van der Waals surface area contributed by atoms with Gasteiger partial charge in [0.25, 0.3) is 5.91 Å². The zero-order chi connectivity index (χ0) is 19.1. The molecule has 0 spiro atoms. The number of hydrogen-bond donors (Lipinski definition) is 0. The van der Waals surface area contributed by atoms with Gasteiger partial charge in [-0.15, -0.1) is 0 Å². The first kappa shape index (κ1) is 17.3. The maximum Gasteiger partial charge on any atom is 0.260 e. The molecule has 5 nitrogen and oxygen atoms in total. The van der Waals surface area contributed by atoms with Gasteiger partial charge < -0.3 is 4.90 Å². The molecule has 0 N–H and O–H groups in total. The molecule has 0 fully saturated rings. The van der Waals surface area contributed by atoms with Gasteiger partial charge in [0.15, 0.2) is 5.82 Å². The second-order valence-electron chi connectivity index (χ2n) is 6.61. The van der Waals surface area contributed by atoms with Crippen molar-refractivity contribution in [1.82, 2.24) is 19.7 Å². The van der Waals surface area contributed by atoms with Crippen molar-refractivity contribution in [3.8, 4) is 11.4 Å².